The van der Waals surface area contributed by atoms with Crippen molar-refractivity contribution < 1.29 is 9.21 Å². The molecule has 3 heterocycles. The van der Waals surface area contributed by atoms with Crippen LogP contribution in [0.2, 0.25) is 0 Å². The number of para-hydroxylation sites is 1. The summed E-state index contributed by atoms with van der Waals surface area (Å²) in [4.78, 5) is 17.7. The van der Waals surface area contributed by atoms with Crippen LogP contribution in [0.25, 0.3) is 10.9 Å². The molecule has 1 amide bonds. The lowest BCUT2D eigenvalue weighted by Gasteiger charge is -2.26. The molecule has 0 spiro atoms. The molecule has 1 aromatic carbocycles. The monoisotopic (exact) mass is 266 g/mol. The van der Waals surface area contributed by atoms with Crippen molar-refractivity contribution in [3.63, 3.8) is 0 Å². The molecule has 1 N–H and O–H groups in total. The van der Waals surface area contributed by atoms with Crippen molar-refractivity contribution in [2.45, 2.75) is 13.0 Å². The molecule has 20 heavy (non-hydrogen) atoms. The van der Waals surface area contributed by atoms with Gasteiger partial charge in [-0.3, -0.25) is 4.79 Å². The molecule has 0 bridgehead atoms. The quantitative estimate of drug-likeness (QED) is 0.736. The van der Waals surface area contributed by atoms with Crippen molar-refractivity contribution in [1.82, 2.24) is 9.88 Å². The third-order valence-corrected chi connectivity index (χ3v) is 3.94. The van der Waals surface area contributed by atoms with Gasteiger partial charge in [-0.25, -0.2) is 0 Å². The van der Waals surface area contributed by atoms with E-state index in [-0.39, 0.29) is 5.91 Å². The lowest BCUT2D eigenvalue weighted by atomic mass is 10.0. The van der Waals surface area contributed by atoms with Crippen molar-refractivity contribution in [2.75, 3.05) is 6.54 Å². The number of aromatic amines is 1. The highest BCUT2D eigenvalue weighted by molar-refractivity contribution is 5.94. The maximum Gasteiger partial charge on any atom is 0.257 e. The van der Waals surface area contributed by atoms with Crippen LogP contribution in [0, 0.1) is 0 Å². The van der Waals surface area contributed by atoms with Crippen molar-refractivity contribution >= 4 is 16.8 Å². The van der Waals surface area contributed by atoms with Crippen LogP contribution in [0.15, 0.2) is 47.3 Å². The minimum atomic E-state index is 0.0367. The summed E-state index contributed by atoms with van der Waals surface area (Å²) in [5, 5.41) is 1.21. The van der Waals surface area contributed by atoms with E-state index in [4.69, 9.17) is 4.42 Å². The number of H-pyrrole nitrogens is 1. The first-order valence-corrected chi connectivity index (χ1v) is 6.73. The van der Waals surface area contributed by atoms with Gasteiger partial charge >= 0.3 is 0 Å². The van der Waals surface area contributed by atoms with E-state index in [1.165, 1.54) is 29.2 Å². The van der Waals surface area contributed by atoms with E-state index >= 15 is 0 Å². The van der Waals surface area contributed by atoms with Gasteiger partial charge in [0.2, 0.25) is 0 Å². The summed E-state index contributed by atoms with van der Waals surface area (Å²) in [6.45, 7) is 1.40. The Balaban J connectivity index is 1.71. The van der Waals surface area contributed by atoms with E-state index in [9.17, 15) is 4.79 Å². The molecule has 0 fully saturated rings. The molecule has 0 atom stereocenters. The van der Waals surface area contributed by atoms with Crippen LogP contribution in [0.3, 0.4) is 0 Å². The fraction of sp³-hybridized carbons (Fsp3) is 0.188. The fourth-order valence-corrected chi connectivity index (χ4v) is 2.91. The zero-order chi connectivity index (χ0) is 13.5. The third kappa shape index (κ3) is 1.65. The van der Waals surface area contributed by atoms with Gasteiger partial charge in [0.1, 0.15) is 6.26 Å². The van der Waals surface area contributed by atoms with Crippen LogP contribution in [0.5, 0.6) is 0 Å². The molecule has 1 aliphatic rings. The zero-order valence-corrected chi connectivity index (χ0v) is 10.9. The van der Waals surface area contributed by atoms with Crippen molar-refractivity contribution in [2.24, 2.45) is 0 Å². The number of nitrogens with zero attached hydrogens (tertiary/aromatic N) is 1. The first-order chi connectivity index (χ1) is 9.83. The number of nitrogens with one attached hydrogen (secondary N) is 1. The minimum Gasteiger partial charge on any atom is -0.472 e. The Kier molecular flexibility index (Phi) is 2.42. The van der Waals surface area contributed by atoms with Gasteiger partial charge in [-0.2, -0.15) is 0 Å². The van der Waals surface area contributed by atoms with Gasteiger partial charge in [0.05, 0.1) is 11.8 Å². The fourth-order valence-electron chi connectivity index (χ4n) is 2.91. The lowest BCUT2D eigenvalue weighted by Crippen LogP contribution is -2.35. The number of carbonyl (C=O) groups excluding carboxylic acids is 1. The Morgan fingerprint density at radius 1 is 1.25 bits per heavy atom. The van der Waals surface area contributed by atoms with Crippen molar-refractivity contribution in [3.05, 3.63) is 59.7 Å². The standard InChI is InChI=1S/C16H14N2O2/c19-16(11-6-8-20-10-11)18-7-5-15-13(9-18)12-3-1-2-4-14(12)17-15/h1-4,6,8,10,17H,5,7,9H2. The first-order valence-electron chi connectivity index (χ1n) is 6.73. The summed E-state index contributed by atoms with van der Waals surface area (Å²) in [6, 6.07) is 9.96. The summed E-state index contributed by atoms with van der Waals surface area (Å²) in [7, 11) is 0. The second kappa shape index (κ2) is 4.27. The molecule has 0 unspecified atom stereocenters. The minimum absolute atomic E-state index is 0.0367. The predicted octanol–water partition coefficient (Wildman–Crippen LogP) is 2.96. The average molecular weight is 266 g/mol. The SMILES string of the molecule is O=C(c1ccoc1)N1CCc2[nH]c3ccccc3c2C1. The number of hydrogen-bond acceptors (Lipinski definition) is 2. The predicted molar refractivity (Wildman–Crippen MR) is 75.5 cm³/mol. The first kappa shape index (κ1) is 11.3. The number of amides is 1. The summed E-state index contributed by atoms with van der Waals surface area (Å²) < 4.78 is 5.00. The number of benzene rings is 1. The van der Waals surface area contributed by atoms with Crippen LogP contribution in [-0.2, 0) is 13.0 Å². The van der Waals surface area contributed by atoms with Crippen LogP contribution in [0.4, 0.5) is 0 Å². The van der Waals surface area contributed by atoms with E-state index in [0.717, 1.165) is 18.5 Å². The van der Waals surface area contributed by atoms with Gasteiger partial charge < -0.3 is 14.3 Å². The average Bonchev–Trinajstić information content (AvgIpc) is 3.13. The Bertz CT molecular complexity index is 771. The largest absolute Gasteiger partial charge is 0.472 e. The molecule has 4 rings (SSSR count). The Morgan fingerprint density at radius 3 is 3.00 bits per heavy atom. The van der Waals surface area contributed by atoms with E-state index in [2.05, 4.69) is 17.1 Å². The van der Waals surface area contributed by atoms with Crippen molar-refractivity contribution in [1.29, 1.82) is 0 Å². The second-order valence-corrected chi connectivity index (χ2v) is 5.12. The van der Waals surface area contributed by atoms with Crippen LogP contribution < -0.4 is 0 Å². The number of furan rings is 1. The molecule has 3 aromatic rings. The van der Waals surface area contributed by atoms with Crippen LogP contribution in [-0.4, -0.2) is 22.3 Å². The zero-order valence-electron chi connectivity index (χ0n) is 10.9. The molecule has 100 valence electrons. The van der Waals surface area contributed by atoms with E-state index in [1.807, 2.05) is 17.0 Å². The molecule has 0 saturated heterocycles. The molecular weight excluding hydrogens is 252 g/mol. The van der Waals surface area contributed by atoms with Gasteiger partial charge in [-0.15, -0.1) is 0 Å². The Morgan fingerprint density at radius 2 is 2.15 bits per heavy atom. The lowest BCUT2D eigenvalue weighted by molar-refractivity contribution is 0.0734. The normalized spacial score (nSPS) is 14.5. The van der Waals surface area contributed by atoms with E-state index in [1.54, 1.807) is 6.07 Å². The molecule has 4 heteroatoms. The maximum atomic E-state index is 12.4. The second-order valence-electron chi connectivity index (χ2n) is 5.12. The number of rotatable bonds is 1. The maximum absolute atomic E-state index is 12.4. The van der Waals surface area contributed by atoms with Gasteiger partial charge in [-0.05, 0) is 12.1 Å². The van der Waals surface area contributed by atoms with Crippen LogP contribution >= 0.6 is 0 Å². The summed E-state index contributed by atoms with van der Waals surface area (Å²) in [5.41, 5.74) is 4.26. The number of fused-ring (bicyclic) bond motifs is 3. The molecule has 1 aliphatic heterocycles. The Labute approximate surface area is 116 Å². The third-order valence-electron chi connectivity index (χ3n) is 3.94. The molecule has 0 aliphatic carbocycles. The molecule has 4 nitrogen and oxygen atoms in total. The molecule has 2 aromatic heterocycles. The highest BCUT2D eigenvalue weighted by atomic mass is 16.3. The topological polar surface area (TPSA) is 49.2 Å². The molecular formula is C16H14N2O2. The van der Waals surface area contributed by atoms with Crippen molar-refractivity contribution in [3.8, 4) is 0 Å². The number of aromatic nitrogens is 1. The number of hydrogen-bond donors (Lipinski definition) is 1. The van der Waals surface area contributed by atoms with Gasteiger partial charge in [-0.1, -0.05) is 18.2 Å². The highest BCUT2D eigenvalue weighted by Gasteiger charge is 2.24. The summed E-state index contributed by atoms with van der Waals surface area (Å²) in [5.74, 6) is 0.0367. The smallest absolute Gasteiger partial charge is 0.257 e. The van der Waals surface area contributed by atoms with Gasteiger partial charge in [0.15, 0.2) is 0 Å². The highest BCUT2D eigenvalue weighted by Crippen LogP contribution is 2.28. The summed E-state index contributed by atoms with van der Waals surface area (Å²) >= 11 is 0. The van der Waals surface area contributed by atoms with Gasteiger partial charge in [0.25, 0.3) is 5.91 Å². The molecule has 0 radical (unpaired) electrons. The molecule has 0 saturated carbocycles. The van der Waals surface area contributed by atoms with Crippen LogP contribution in [0.1, 0.15) is 21.6 Å². The van der Waals surface area contributed by atoms with E-state index in [0.29, 0.717) is 12.1 Å². The van der Waals surface area contributed by atoms with E-state index < -0.39 is 0 Å². The number of carbonyl (C=O) groups is 1. The Hall–Kier alpha value is -2.49. The summed E-state index contributed by atoms with van der Waals surface area (Å²) in [6.07, 6.45) is 3.91. The van der Waals surface area contributed by atoms with Gasteiger partial charge in [0, 0.05) is 41.7 Å².